The first-order valence-electron chi connectivity index (χ1n) is 9.75. The minimum absolute atomic E-state index is 0.0588. The molecular formula is C22H24N4O2. The third-order valence-electron chi connectivity index (χ3n) is 5.26. The van der Waals surface area contributed by atoms with Gasteiger partial charge < -0.3 is 10.2 Å². The molecule has 2 aliphatic rings. The first-order valence-corrected chi connectivity index (χ1v) is 9.75. The quantitative estimate of drug-likeness (QED) is 0.872. The Morgan fingerprint density at radius 3 is 2.71 bits per heavy atom. The van der Waals surface area contributed by atoms with Gasteiger partial charge in [0.15, 0.2) is 0 Å². The van der Waals surface area contributed by atoms with Crippen LogP contribution < -0.4 is 10.2 Å². The van der Waals surface area contributed by atoms with Crippen LogP contribution in [0.5, 0.6) is 0 Å². The van der Waals surface area contributed by atoms with E-state index in [1.54, 1.807) is 0 Å². The Bertz CT molecular complexity index is 923. The summed E-state index contributed by atoms with van der Waals surface area (Å²) in [6, 6.07) is 15.7. The number of hydrazone groups is 1. The lowest BCUT2D eigenvalue weighted by molar-refractivity contribution is -0.132. The fraction of sp³-hybridized carbons (Fsp3) is 0.318. The Kier molecular flexibility index (Phi) is 5.10. The van der Waals surface area contributed by atoms with E-state index in [2.05, 4.69) is 28.3 Å². The zero-order chi connectivity index (χ0) is 19.5. The van der Waals surface area contributed by atoms with Crippen molar-refractivity contribution in [3.63, 3.8) is 0 Å². The van der Waals surface area contributed by atoms with Crippen molar-refractivity contribution in [3.05, 3.63) is 59.7 Å². The lowest BCUT2D eigenvalue weighted by Gasteiger charge is -2.23. The number of anilines is 2. The van der Waals surface area contributed by atoms with Gasteiger partial charge in [0.1, 0.15) is 5.71 Å². The van der Waals surface area contributed by atoms with E-state index >= 15 is 0 Å². The first kappa shape index (κ1) is 18.2. The number of amides is 2. The highest BCUT2D eigenvalue weighted by Gasteiger charge is 2.25. The van der Waals surface area contributed by atoms with E-state index in [0.29, 0.717) is 25.1 Å². The average molecular weight is 376 g/mol. The van der Waals surface area contributed by atoms with Gasteiger partial charge in [-0.1, -0.05) is 36.4 Å². The number of nitrogens with one attached hydrogen (secondary N) is 1. The maximum atomic E-state index is 12.7. The molecule has 6 nitrogen and oxygen atoms in total. The minimum Gasteiger partial charge on any atom is -0.371 e. The van der Waals surface area contributed by atoms with E-state index in [1.807, 2.05) is 42.5 Å². The minimum atomic E-state index is -0.244. The second-order valence-electron chi connectivity index (χ2n) is 7.11. The van der Waals surface area contributed by atoms with Gasteiger partial charge in [0.05, 0.1) is 6.54 Å². The molecule has 2 amide bonds. The van der Waals surface area contributed by atoms with Gasteiger partial charge in [0.2, 0.25) is 5.91 Å². The highest BCUT2D eigenvalue weighted by molar-refractivity contribution is 6.43. The van der Waals surface area contributed by atoms with Gasteiger partial charge in [-0.3, -0.25) is 9.59 Å². The van der Waals surface area contributed by atoms with Gasteiger partial charge in [-0.25, -0.2) is 5.01 Å². The molecule has 2 aromatic rings. The third-order valence-corrected chi connectivity index (χ3v) is 5.26. The Morgan fingerprint density at radius 1 is 1.11 bits per heavy atom. The molecule has 144 valence electrons. The molecule has 0 saturated heterocycles. The van der Waals surface area contributed by atoms with Crippen LogP contribution in [0.2, 0.25) is 0 Å². The number of hydrogen-bond donors (Lipinski definition) is 1. The van der Waals surface area contributed by atoms with Crippen molar-refractivity contribution in [2.24, 2.45) is 5.10 Å². The zero-order valence-electron chi connectivity index (χ0n) is 16.0. The Balaban J connectivity index is 1.48. The molecule has 0 unspecified atom stereocenters. The monoisotopic (exact) mass is 376 g/mol. The molecule has 4 rings (SSSR count). The van der Waals surface area contributed by atoms with Crippen molar-refractivity contribution in [2.45, 2.75) is 32.7 Å². The van der Waals surface area contributed by atoms with Crippen LogP contribution in [0, 0.1) is 0 Å². The second-order valence-corrected chi connectivity index (χ2v) is 7.11. The van der Waals surface area contributed by atoms with E-state index in [0.717, 1.165) is 30.8 Å². The fourth-order valence-electron chi connectivity index (χ4n) is 3.70. The molecule has 0 saturated carbocycles. The molecule has 2 aliphatic heterocycles. The van der Waals surface area contributed by atoms with E-state index in [-0.39, 0.29) is 11.8 Å². The number of likely N-dealkylation sites (N-methyl/N-ethyl adjacent to an activating group) is 1. The van der Waals surface area contributed by atoms with Gasteiger partial charge in [0.25, 0.3) is 5.91 Å². The number of carbonyl (C=O) groups is 2. The normalized spacial score (nSPS) is 16.0. The van der Waals surface area contributed by atoms with Crippen LogP contribution in [-0.2, 0) is 22.6 Å². The molecule has 0 radical (unpaired) electrons. The average Bonchev–Trinajstić information content (AvgIpc) is 3.12. The van der Waals surface area contributed by atoms with Crippen LogP contribution in [0.4, 0.5) is 11.4 Å². The number of nitrogens with zero attached hydrogens (tertiary/aromatic N) is 3. The largest absolute Gasteiger partial charge is 0.371 e. The summed E-state index contributed by atoms with van der Waals surface area (Å²) in [5, 5.41) is 8.68. The lowest BCUT2D eigenvalue weighted by atomic mass is 10.1. The Morgan fingerprint density at radius 2 is 1.93 bits per heavy atom. The van der Waals surface area contributed by atoms with Crippen LogP contribution in [0.25, 0.3) is 0 Å². The van der Waals surface area contributed by atoms with Gasteiger partial charge in [-0.05, 0) is 36.6 Å². The predicted octanol–water partition coefficient (Wildman–Crippen LogP) is 3.19. The maximum Gasteiger partial charge on any atom is 0.271 e. The SMILES string of the molecule is CCN1CCc2ccc(NC(=O)C3=NN(Cc4ccccc4)C(=O)CC3)cc21. The van der Waals surface area contributed by atoms with Crippen molar-refractivity contribution >= 4 is 28.9 Å². The molecule has 6 heteroatoms. The summed E-state index contributed by atoms with van der Waals surface area (Å²) in [5.74, 6) is -0.303. The molecule has 0 bridgehead atoms. The molecule has 0 fully saturated rings. The molecule has 0 aromatic heterocycles. The van der Waals surface area contributed by atoms with Gasteiger partial charge in [0, 0.05) is 37.3 Å². The summed E-state index contributed by atoms with van der Waals surface area (Å²) >= 11 is 0. The van der Waals surface area contributed by atoms with E-state index < -0.39 is 0 Å². The molecular weight excluding hydrogens is 352 g/mol. The lowest BCUT2D eigenvalue weighted by Crippen LogP contribution is -2.36. The van der Waals surface area contributed by atoms with Crippen molar-refractivity contribution in [1.29, 1.82) is 0 Å². The molecule has 0 aliphatic carbocycles. The summed E-state index contributed by atoms with van der Waals surface area (Å²) in [6.45, 7) is 4.48. The number of fused-ring (bicyclic) bond motifs is 1. The van der Waals surface area contributed by atoms with Crippen molar-refractivity contribution < 1.29 is 9.59 Å². The molecule has 1 N–H and O–H groups in total. The molecule has 0 spiro atoms. The van der Waals surface area contributed by atoms with Gasteiger partial charge >= 0.3 is 0 Å². The van der Waals surface area contributed by atoms with Gasteiger partial charge in [-0.2, -0.15) is 5.10 Å². The fourth-order valence-corrected chi connectivity index (χ4v) is 3.70. The molecule has 28 heavy (non-hydrogen) atoms. The Labute approximate surface area is 164 Å². The van der Waals surface area contributed by atoms with E-state index in [4.69, 9.17) is 0 Å². The summed E-state index contributed by atoms with van der Waals surface area (Å²) in [5.41, 5.74) is 4.64. The zero-order valence-corrected chi connectivity index (χ0v) is 16.0. The topological polar surface area (TPSA) is 65.0 Å². The third kappa shape index (κ3) is 3.76. The number of rotatable bonds is 5. The summed E-state index contributed by atoms with van der Waals surface area (Å²) in [4.78, 5) is 27.2. The molecule has 0 atom stereocenters. The molecule has 2 heterocycles. The number of benzene rings is 2. The number of hydrogen-bond acceptors (Lipinski definition) is 4. The maximum absolute atomic E-state index is 12.7. The van der Waals surface area contributed by atoms with Crippen molar-refractivity contribution in [3.8, 4) is 0 Å². The summed E-state index contributed by atoms with van der Waals surface area (Å²) in [7, 11) is 0. The highest BCUT2D eigenvalue weighted by atomic mass is 16.2. The van der Waals surface area contributed by atoms with Crippen LogP contribution in [0.1, 0.15) is 30.9 Å². The molecule has 2 aromatic carbocycles. The van der Waals surface area contributed by atoms with Crippen LogP contribution in [0.15, 0.2) is 53.6 Å². The van der Waals surface area contributed by atoms with Crippen LogP contribution in [0.3, 0.4) is 0 Å². The second kappa shape index (κ2) is 7.84. The first-order chi connectivity index (χ1) is 13.6. The van der Waals surface area contributed by atoms with Gasteiger partial charge in [-0.15, -0.1) is 0 Å². The van der Waals surface area contributed by atoms with Crippen molar-refractivity contribution in [1.82, 2.24) is 5.01 Å². The van der Waals surface area contributed by atoms with Crippen LogP contribution in [-0.4, -0.2) is 35.6 Å². The standard InChI is InChI=1S/C22H24N4O2/c1-2-25-13-12-17-8-9-18(14-20(17)25)23-22(28)19-10-11-21(27)26(24-19)15-16-6-4-3-5-7-16/h3-9,14H,2,10-13,15H2,1H3,(H,23,28). The van der Waals surface area contributed by atoms with Crippen molar-refractivity contribution in [2.75, 3.05) is 23.3 Å². The van der Waals surface area contributed by atoms with E-state index in [1.165, 1.54) is 16.3 Å². The summed E-state index contributed by atoms with van der Waals surface area (Å²) in [6.07, 6.45) is 1.70. The highest BCUT2D eigenvalue weighted by Crippen LogP contribution is 2.30. The Hall–Kier alpha value is -3.15. The number of carbonyl (C=O) groups excluding carboxylic acids is 2. The van der Waals surface area contributed by atoms with E-state index in [9.17, 15) is 9.59 Å². The smallest absolute Gasteiger partial charge is 0.271 e. The predicted molar refractivity (Wildman–Crippen MR) is 110 cm³/mol. The summed E-state index contributed by atoms with van der Waals surface area (Å²) < 4.78 is 0. The van der Waals surface area contributed by atoms with Crippen LogP contribution >= 0.6 is 0 Å².